The molecule has 0 saturated heterocycles. The maximum absolute atomic E-state index is 12.6. The van der Waals surface area contributed by atoms with E-state index in [1.807, 2.05) is 48.7 Å². The lowest BCUT2D eigenvalue weighted by molar-refractivity contribution is -0.114. The first-order valence-corrected chi connectivity index (χ1v) is 8.82. The van der Waals surface area contributed by atoms with Crippen LogP contribution < -0.4 is 4.90 Å². The molecule has 6 heteroatoms. The zero-order valence-electron chi connectivity index (χ0n) is 12.5. The van der Waals surface area contributed by atoms with E-state index < -0.39 is 0 Å². The Balaban J connectivity index is 1.82. The molecule has 23 heavy (non-hydrogen) atoms. The largest absolute Gasteiger partial charge is 0.303 e. The summed E-state index contributed by atoms with van der Waals surface area (Å²) in [5.74, 6) is -0.0738. The van der Waals surface area contributed by atoms with Gasteiger partial charge in [0.25, 0.3) is 5.91 Å². The molecule has 116 valence electrons. The van der Waals surface area contributed by atoms with Crippen LogP contribution in [0.2, 0.25) is 0 Å². The maximum atomic E-state index is 12.6. The predicted octanol–water partition coefficient (Wildman–Crippen LogP) is 4.15. The third kappa shape index (κ3) is 4.12. The van der Waals surface area contributed by atoms with Crippen LogP contribution in [0.15, 0.2) is 53.5 Å². The van der Waals surface area contributed by atoms with E-state index in [0.717, 1.165) is 21.3 Å². The van der Waals surface area contributed by atoms with Crippen molar-refractivity contribution in [2.75, 3.05) is 4.90 Å². The van der Waals surface area contributed by atoms with Crippen LogP contribution in [-0.2, 0) is 11.3 Å². The van der Waals surface area contributed by atoms with E-state index in [-0.39, 0.29) is 5.91 Å². The number of hydrogen-bond acceptors (Lipinski definition) is 5. The second-order valence-electron chi connectivity index (χ2n) is 4.85. The fraction of sp³-hybridized carbons (Fsp3) is 0.118. The first kappa shape index (κ1) is 15.6. The Hall–Kier alpha value is -2.31. The Morgan fingerprint density at radius 1 is 1.26 bits per heavy atom. The summed E-state index contributed by atoms with van der Waals surface area (Å²) >= 11 is 3.09. The molecule has 0 bridgehead atoms. The molecule has 0 aliphatic rings. The van der Waals surface area contributed by atoms with Gasteiger partial charge in [0.05, 0.1) is 22.8 Å². The summed E-state index contributed by atoms with van der Waals surface area (Å²) < 4.78 is 0. The number of aromatic nitrogens is 2. The van der Waals surface area contributed by atoms with Gasteiger partial charge in [-0.3, -0.25) is 4.79 Å². The van der Waals surface area contributed by atoms with Crippen LogP contribution in [0.5, 0.6) is 0 Å². The fourth-order valence-corrected chi connectivity index (χ4v) is 3.32. The van der Waals surface area contributed by atoms with Gasteiger partial charge in [-0.05, 0) is 25.1 Å². The topological polar surface area (TPSA) is 46.1 Å². The van der Waals surface area contributed by atoms with Crippen LogP contribution in [0.25, 0.3) is 6.08 Å². The highest BCUT2D eigenvalue weighted by molar-refractivity contribution is 7.12. The summed E-state index contributed by atoms with van der Waals surface area (Å²) in [5, 5.41) is 2.94. The molecule has 0 saturated carbocycles. The molecule has 0 aliphatic carbocycles. The highest BCUT2D eigenvalue weighted by Gasteiger charge is 2.14. The van der Waals surface area contributed by atoms with Gasteiger partial charge in [0.1, 0.15) is 0 Å². The van der Waals surface area contributed by atoms with Crippen LogP contribution in [-0.4, -0.2) is 15.9 Å². The van der Waals surface area contributed by atoms with E-state index in [2.05, 4.69) is 9.97 Å². The number of anilines is 1. The van der Waals surface area contributed by atoms with Crippen molar-refractivity contribution in [3.8, 4) is 0 Å². The minimum Gasteiger partial charge on any atom is -0.303 e. The lowest BCUT2D eigenvalue weighted by Gasteiger charge is -2.20. The third-order valence-corrected chi connectivity index (χ3v) is 4.68. The average molecular weight is 341 g/mol. The minimum atomic E-state index is -0.0738. The van der Waals surface area contributed by atoms with Crippen molar-refractivity contribution in [2.45, 2.75) is 13.5 Å². The number of para-hydroxylation sites is 1. The second-order valence-corrected chi connectivity index (χ2v) is 6.84. The molecule has 0 unspecified atom stereocenters. The number of carbonyl (C=O) groups is 1. The van der Waals surface area contributed by atoms with Crippen LogP contribution in [0, 0.1) is 6.92 Å². The Kier molecular flexibility index (Phi) is 4.95. The molecule has 4 nitrogen and oxygen atoms in total. The number of benzene rings is 1. The summed E-state index contributed by atoms with van der Waals surface area (Å²) in [6.07, 6.45) is 5.17. The summed E-state index contributed by atoms with van der Waals surface area (Å²) in [6, 6.07) is 9.63. The second kappa shape index (κ2) is 7.30. The van der Waals surface area contributed by atoms with Gasteiger partial charge in [-0.2, -0.15) is 0 Å². The van der Waals surface area contributed by atoms with Crippen molar-refractivity contribution in [3.05, 3.63) is 69.1 Å². The number of amides is 1. The standard InChI is InChI=1S/C17H15N3OS2/c1-13-18-9-16(23-13)7-8-17(21)20(10-14-11-22-12-19-14)15-5-3-2-4-6-15/h2-9,11-12H,10H2,1H3/b8-7-. The Morgan fingerprint density at radius 2 is 2.09 bits per heavy atom. The first-order chi connectivity index (χ1) is 11.2. The molecule has 0 fully saturated rings. The number of aryl methyl sites for hydroxylation is 1. The maximum Gasteiger partial charge on any atom is 0.251 e. The Morgan fingerprint density at radius 3 is 2.74 bits per heavy atom. The Labute approximate surface area is 142 Å². The normalized spacial score (nSPS) is 11.0. The van der Waals surface area contributed by atoms with Gasteiger partial charge < -0.3 is 4.90 Å². The lowest BCUT2D eigenvalue weighted by atomic mass is 10.2. The van der Waals surface area contributed by atoms with E-state index in [1.54, 1.807) is 34.0 Å². The first-order valence-electron chi connectivity index (χ1n) is 7.06. The predicted molar refractivity (Wildman–Crippen MR) is 95.6 cm³/mol. The van der Waals surface area contributed by atoms with Crippen molar-refractivity contribution in [3.63, 3.8) is 0 Å². The van der Waals surface area contributed by atoms with Crippen molar-refractivity contribution in [2.24, 2.45) is 0 Å². The van der Waals surface area contributed by atoms with Gasteiger partial charge in [0, 0.05) is 28.2 Å². The minimum absolute atomic E-state index is 0.0738. The van der Waals surface area contributed by atoms with E-state index >= 15 is 0 Å². The molecule has 1 aromatic carbocycles. The molecule has 0 aliphatic heterocycles. The molecule has 3 rings (SSSR count). The monoisotopic (exact) mass is 341 g/mol. The van der Waals surface area contributed by atoms with E-state index in [1.165, 1.54) is 11.3 Å². The Bertz CT molecular complexity index is 794. The van der Waals surface area contributed by atoms with Gasteiger partial charge in [-0.1, -0.05) is 18.2 Å². The molecule has 0 spiro atoms. The van der Waals surface area contributed by atoms with Crippen molar-refractivity contribution in [1.82, 2.24) is 9.97 Å². The summed E-state index contributed by atoms with van der Waals surface area (Å²) in [5.41, 5.74) is 3.52. The van der Waals surface area contributed by atoms with Crippen molar-refractivity contribution in [1.29, 1.82) is 0 Å². The van der Waals surface area contributed by atoms with Gasteiger partial charge >= 0.3 is 0 Å². The lowest BCUT2D eigenvalue weighted by Crippen LogP contribution is -2.28. The van der Waals surface area contributed by atoms with E-state index in [4.69, 9.17) is 0 Å². The molecule has 0 N–H and O–H groups in total. The van der Waals surface area contributed by atoms with E-state index in [9.17, 15) is 4.79 Å². The molecule has 2 aromatic heterocycles. The van der Waals surface area contributed by atoms with E-state index in [0.29, 0.717) is 6.54 Å². The number of hydrogen-bond donors (Lipinski definition) is 0. The molecule has 0 atom stereocenters. The van der Waals surface area contributed by atoms with Crippen LogP contribution in [0.4, 0.5) is 5.69 Å². The average Bonchev–Trinajstić information content (AvgIpc) is 3.23. The van der Waals surface area contributed by atoms with Crippen LogP contribution in [0.3, 0.4) is 0 Å². The SMILES string of the molecule is Cc1ncc(/C=C\C(=O)N(Cc2cscn2)c2ccccc2)s1. The molecule has 3 aromatic rings. The van der Waals surface area contributed by atoms with Crippen molar-refractivity contribution < 1.29 is 4.79 Å². The number of thiazole rings is 2. The third-order valence-electron chi connectivity index (χ3n) is 3.17. The molecule has 1 amide bonds. The highest BCUT2D eigenvalue weighted by atomic mass is 32.1. The summed E-state index contributed by atoms with van der Waals surface area (Å²) in [6.45, 7) is 2.40. The van der Waals surface area contributed by atoms with Crippen LogP contribution in [0.1, 0.15) is 15.6 Å². The van der Waals surface area contributed by atoms with Crippen LogP contribution >= 0.6 is 22.7 Å². The molecule has 0 radical (unpaired) electrons. The smallest absolute Gasteiger partial charge is 0.251 e. The summed E-state index contributed by atoms with van der Waals surface area (Å²) in [7, 11) is 0. The quantitative estimate of drug-likeness (QED) is 0.655. The number of rotatable bonds is 5. The molecular weight excluding hydrogens is 326 g/mol. The van der Waals surface area contributed by atoms with Gasteiger partial charge in [-0.25, -0.2) is 9.97 Å². The summed E-state index contributed by atoms with van der Waals surface area (Å²) in [4.78, 5) is 23.8. The van der Waals surface area contributed by atoms with Gasteiger partial charge in [0.15, 0.2) is 0 Å². The van der Waals surface area contributed by atoms with Gasteiger partial charge in [0.2, 0.25) is 0 Å². The number of nitrogens with zero attached hydrogens (tertiary/aromatic N) is 3. The fourth-order valence-electron chi connectivity index (χ4n) is 2.08. The molecule has 2 heterocycles. The number of carbonyl (C=O) groups excluding carboxylic acids is 1. The highest BCUT2D eigenvalue weighted by Crippen LogP contribution is 2.19. The van der Waals surface area contributed by atoms with Crippen molar-refractivity contribution >= 4 is 40.3 Å². The molecular formula is C17H15N3OS2. The zero-order chi connectivity index (χ0) is 16.1. The van der Waals surface area contributed by atoms with Gasteiger partial charge in [-0.15, -0.1) is 22.7 Å². The zero-order valence-corrected chi connectivity index (χ0v) is 14.2.